The number of carbonyl (C=O) groups is 1. The number of benzene rings is 1. The summed E-state index contributed by atoms with van der Waals surface area (Å²) in [6, 6.07) is 8.04. The van der Waals surface area contributed by atoms with E-state index in [4.69, 9.17) is 10.5 Å². The van der Waals surface area contributed by atoms with Crippen molar-refractivity contribution in [1.82, 2.24) is 5.32 Å². The summed E-state index contributed by atoms with van der Waals surface area (Å²) >= 11 is 1.57. The second-order valence-electron chi connectivity index (χ2n) is 5.83. The molecule has 0 aliphatic heterocycles. The fourth-order valence-electron chi connectivity index (χ4n) is 2.89. The lowest BCUT2D eigenvalue weighted by molar-refractivity contribution is -0.121. The summed E-state index contributed by atoms with van der Waals surface area (Å²) in [5.74, 6) is 1.36. The number of ether oxygens (including phenoxy) is 1. The Kier molecular flexibility index (Phi) is 8.81. The van der Waals surface area contributed by atoms with Crippen molar-refractivity contribution in [1.29, 1.82) is 0 Å². The van der Waals surface area contributed by atoms with E-state index in [9.17, 15) is 4.79 Å². The number of halogens is 1. The number of hydrogen-bond donors (Lipinski definition) is 2. The molecule has 1 aromatic carbocycles. The van der Waals surface area contributed by atoms with Crippen LogP contribution in [0.2, 0.25) is 0 Å². The Bertz CT molecular complexity index is 484. The van der Waals surface area contributed by atoms with Gasteiger partial charge in [-0.15, -0.1) is 24.2 Å². The highest BCUT2D eigenvalue weighted by atomic mass is 35.5. The van der Waals surface area contributed by atoms with Crippen LogP contribution in [0, 0.1) is 5.92 Å². The molecule has 6 heteroatoms. The largest absolute Gasteiger partial charge is 0.497 e. The Morgan fingerprint density at radius 1 is 1.35 bits per heavy atom. The van der Waals surface area contributed by atoms with E-state index in [0.29, 0.717) is 12.5 Å². The normalized spacial score (nSPS) is 21.9. The molecule has 3 unspecified atom stereocenters. The molecule has 3 atom stereocenters. The number of hydrogen-bond acceptors (Lipinski definition) is 4. The summed E-state index contributed by atoms with van der Waals surface area (Å²) in [7, 11) is 1.65. The molecule has 23 heavy (non-hydrogen) atoms. The molecule has 1 saturated carbocycles. The van der Waals surface area contributed by atoms with Crippen molar-refractivity contribution in [3.63, 3.8) is 0 Å². The lowest BCUT2D eigenvalue weighted by Gasteiger charge is -2.32. The third kappa shape index (κ3) is 5.90. The Labute approximate surface area is 149 Å². The zero-order chi connectivity index (χ0) is 15.9. The maximum absolute atomic E-state index is 12.4. The molecule has 0 radical (unpaired) electrons. The fourth-order valence-corrected chi connectivity index (χ4v) is 3.77. The van der Waals surface area contributed by atoms with Crippen molar-refractivity contribution in [3.8, 4) is 5.75 Å². The van der Waals surface area contributed by atoms with E-state index >= 15 is 0 Å². The van der Waals surface area contributed by atoms with E-state index in [1.807, 2.05) is 31.2 Å². The molecule has 3 N–H and O–H groups in total. The van der Waals surface area contributed by atoms with Gasteiger partial charge in [-0.3, -0.25) is 4.79 Å². The maximum atomic E-state index is 12.4. The summed E-state index contributed by atoms with van der Waals surface area (Å²) in [6.45, 7) is 2.61. The minimum Gasteiger partial charge on any atom is -0.497 e. The van der Waals surface area contributed by atoms with Gasteiger partial charge in [0.25, 0.3) is 0 Å². The van der Waals surface area contributed by atoms with Crippen LogP contribution in [-0.4, -0.2) is 30.9 Å². The van der Waals surface area contributed by atoms with Crippen molar-refractivity contribution in [2.75, 3.05) is 13.7 Å². The van der Waals surface area contributed by atoms with E-state index < -0.39 is 0 Å². The van der Waals surface area contributed by atoms with Crippen molar-refractivity contribution < 1.29 is 9.53 Å². The Morgan fingerprint density at radius 2 is 2.00 bits per heavy atom. The predicted molar refractivity (Wildman–Crippen MR) is 98.5 cm³/mol. The van der Waals surface area contributed by atoms with Gasteiger partial charge in [0.1, 0.15) is 5.75 Å². The molecule has 0 heterocycles. The summed E-state index contributed by atoms with van der Waals surface area (Å²) in [5.41, 5.74) is 5.83. The van der Waals surface area contributed by atoms with Crippen LogP contribution >= 0.6 is 24.2 Å². The Morgan fingerprint density at radius 3 is 2.61 bits per heavy atom. The van der Waals surface area contributed by atoms with Gasteiger partial charge in [-0.25, -0.2) is 0 Å². The van der Waals surface area contributed by atoms with Crippen molar-refractivity contribution in [2.24, 2.45) is 11.7 Å². The van der Waals surface area contributed by atoms with Crippen LogP contribution in [0.25, 0.3) is 0 Å². The predicted octanol–water partition coefficient (Wildman–Crippen LogP) is 3.23. The summed E-state index contributed by atoms with van der Waals surface area (Å²) in [4.78, 5) is 13.5. The maximum Gasteiger partial charge on any atom is 0.233 e. The number of nitrogens with one attached hydrogen (secondary N) is 1. The first-order valence-electron chi connectivity index (χ1n) is 7.95. The number of rotatable bonds is 6. The fraction of sp³-hybridized carbons (Fsp3) is 0.588. The number of nitrogens with two attached hydrogens (primary N) is 1. The van der Waals surface area contributed by atoms with E-state index in [-0.39, 0.29) is 29.6 Å². The molecule has 0 bridgehead atoms. The lowest BCUT2D eigenvalue weighted by Crippen LogP contribution is -2.47. The van der Waals surface area contributed by atoms with Gasteiger partial charge in [-0.1, -0.05) is 12.8 Å². The van der Waals surface area contributed by atoms with Crippen LogP contribution in [-0.2, 0) is 4.79 Å². The molecule has 4 nitrogen and oxygen atoms in total. The molecule has 130 valence electrons. The van der Waals surface area contributed by atoms with Crippen LogP contribution in [0.15, 0.2) is 29.2 Å². The smallest absolute Gasteiger partial charge is 0.233 e. The second-order valence-corrected chi connectivity index (χ2v) is 7.25. The van der Waals surface area contributed by atoms with Gasteiger partial charge in [0.15, 0.2) is 0 Å². The first kappa shape index (κ1) is 20.1. The average Bonchev–Trinajstić information content (AvgIpc) is 2.56. The number of methoxy groups -OCH3 is 1. The first-order chi connectivity index (χ1) is 10.6. The zero-order valence-electron chi connectivity index (χ0n) is 13.8. The molecule has 0 saturated heterocycles. The minimum absolute atomic E-state index is 0. The van der Waals surface area contributed by atoms with Crippen LogP contribution < -0.4 is 15.8 Å². The Hall–Kier alpha value is -0.910. The minimum atomic E-state index is -0.117. The molecule has 1 amide bonds. The van der Waals surface area contributed by atoms with Gasteiger partial charge < -0.3 is 15.8 Å². The SMILES string of the molecule is COc1ccc(SC(C)C(=O)NC2CCCCC2CN)cc1.Cl. The molecular weight excluding hydrogens is 332 g/mol. The van der Waals surface area contributed by atoms with Gasteiger partial charge in [0.05, 0.1) is 12.4 Å². The van der Waals surface area contributed by atoms with Gasteiger partial charge in [0.2, 0.25) is 5.91 Å². The molecule has 1 aromatic rings. The van der Waals surface area contributed by atoms with Crippen molar-refractivity contribution >= 4 is 30.1 Å². The highest BCUT2D eigenvalue weighted by Crippen LogP contribution is 2.27. The van der Waals surface area contributed by atoms with E-state index in [0.717, 1.165) is 23.5 Å². The molecule has 2 rings (SSSR count). The van der Waals surface area contributed by atoms with Gasteiger partial charge in [-0.05, 0) is 56.5 Å². The van der Waals surface area contributed by atoms with Gasteiger partial charge in [-0.2, -0.15) is 0 Å². The summed E-state index contributed by atoms with van der Waals surface area (Å²) in [5, 5.41) is 3.08. The van der Waals surface area contributed by atoms with E-state index in [2.05, 4.69) is 5.32 Å². The van der Waals surface area contributed by atoms with Crippen molar-refractivity contribution in [3.05, 3.63) is 24.3 Å². The first-order valence-corrected chi connectivity index (χ1v) is 8.83. The molecule has 1 fully saturated rings. The summed E-state index contributed by atoms with van der Waals surface area (Å²) in [6.07, 6.45) is 4.58. The summed E-state index contributed by atoms with van der Waals surface area (Å²) < 4.78 is 5.15. The van der Waals surface area contributed by atoms with E-state index in [1.165, 1.54) is 12.8 Å². The van der Waals surface area contributed by atoms with Crippen LogP contribution in [0.1, 0.15) is 32.6 Å². The Balaban J connectivity index is 0.00000264. The second kappa shape index (κ2) is 10.1. The third-order valence-electron chi connectivity index (χ3n) is 4.28. The standard InChI is InChI=1S/C17H26N2O2S.ClH/c1-12(22-15-9-7-14(21-2)8-10-15)17(20)19-16-6-4-3-5-13(16)11-18;/h7-10,12-13,16H,3-6,11,18H2,1-2H3,(H,19,20);1H. The number of thioether (sulfide) groups is 1. The molecule has 0 spiro atoms. The highest BCUT2D eigenvalue weighted by Gasteiger charge is 2.27. The lowest BCUT2D eigenvalue weighted by atomic mass is 9.84. The molecule has 1 aliphatic rings. The molecule has 0 aromatic heterocycles. The highest BCUT2D eigenvalue weighted by molar-refractivity contribution is 8.00. The van der Waals surface area contributed by atoms with Gasteiger partial charge >= 0.3 is 0 Å². The van der Waals surface area contributed by atoms with Gasteiger partial charge in [0, 0.05) is 10.9 Å². The number of amides is 1. The molecule has 1 aliphatic carbocycles. The van der Waals surface area contributed by atoms with Crippen LogP contribution in [0.3, 0.4) is 0 Å². The average molecular weight is 359 g/mol. The van der Waals surface area contributed by atoms with E-state index in [1.54, 1.807) is 18.9 Å². The van der Waals surface area contributed by atoms with Crippen molar-refractivity contribution in [2.45, 2.75) is 48.8 Å². The number of carbonyl (C=O) groups excluding carboxylic acids is 1. The van der Waals surface area contributed by atoms with Crippen LogP contribution in [0.4, 0.5) is 0 Å². The third-order valence-corrected chi connectivity index (χ3v) is 5.39. The topological polar surface area (TPSA) is 64.3 Å². The zero-order valence-corrected chi connectivity index (χ0v) is 15.4. The molecular formula is C17H27ClN2O2S. The quantitative estimate of drug-likeness (QED) is 0.766. The monoisotopic (exact) mass is 358 g/mol. The van der Waals surface area contributed by atoms with Crippen LogP contribution in [0.5, 0.6) is 5.75 Å².